The number of hydrogen-bond donors (Lipinski definition) is 0. The second-order valence-electron chi connectivity index (χ2n) is 18.8. The van der Waals surface area contributed by atoms with Gasteiger partial charge < -0.3 is 14.2 Å². The van der Waals surface area contributed by atoms with E-state index in [4.69, 9.17) is 14.2 Å². The highest BCUT2D eigenvalue weighted by Crippen LogP contribution is 2.15. The van der Waals surface area contributed by atoms with Crippen LogP contribution in [0.4, 0.5) is 0 Å². The summed E-state index contributed by atoms with van der Waals surface area (Å²) < 4.78 is 16.8. The molecule has 394 valence electrons. The smallest absolute Gasteiger partial charge is 0.306 e. The third-order valence-corrected chi connectivity index (χ3v) is 12.1. The Morgan fingerprint density at radius 2 is 0.594 bits per heavy atom. The molecule has 6 nitrogen and oxygen atoms in total. The Labute approximate surface area is 426 Å². The van der Waals surface area contributed by atoms with Crippen LogP contribution in [0, 0.1) is 0 Å². The van der Waals surface area contributed by atoms with E-state index in [1.807, 2.05) is 6.08 Å². The highest BCUT2D eigenvalue weighted by Gasteiger charge is 2.19. The molecule has 0 saturated heterocycles. The molecular formula is C63H106O6. The Balaban J connectivity index is 4.46. The van der Waals surface area contributed by atoms with Gasteiger partial charge in [0.05, 0.1) is 0 Å². The average Bonchev–Trinajstić information content (AvgIpc) is 3.35. The van der Waals surface area contributed by atoms with E-state index >= 15 is 0 Å². The number of carbonyl (C=O) groups is 3. The second kappa shape index (κ2) is 56.9. The zero-order chi connectivity index (χ0) is 50.0. The Hall–Kier alpha value is -3.67. The van der Waals surface area contributed by atoms with Gasteiger partial charge in [-0.15, -0.1) is 0 Å². The maximum Gasteiger partial charge on any atom is 0.306 e. The molecule has 0 aliphatic rings. The molecule has 1 atom stereocenters. The van der Waals surface area contributed by atoms with Gasteiger partial charge in [-0.2, -0.15) is 0 Å². The molecule has 0 heterocycles. The summed E-state index contributed by atoms with van der Waals surface area (Å²) >= 11 is 0. The van der Waals surface area contributed by atoms with Crippen molar-refractivity contribution in [1.82, 2.24) is 0 Å². The Kier molecular flexibility index (Phi) is 53.9. The van der Waals surface area contributed by atoms with Gasteiger partial charge in [0.25, 0.3) is 0 Å². The van der Waals surface area contributed by atoms with Gasteiger partial charge in [0.2, 0.25) is 0 Å². The molecule has 0 unspecified atom stereocenters. The molecular weight excluding hydrogens is 853 g/mol. The maximum absolute atomic E-state index is 12.8. The first-order chi connectivity index (χ1) is 34.0. The van der Waals surface area contributed by atoms with E-state index < -0.39 is 6.10 Å². The van der Waals surface area contributed by atoms with Gasteiger partial charge in [0.1, 0.15) is 13.2 Å². The fourth-order valence-electron chi connectivity index (χ4n) is 7.79. The highest BCUT2D eigenvalue weighted by molar-refractivity contribution is 5.71. The topological polar surface area (TPSA) is 78.9 Å². The SMILES string of the molecule is CC/C=C\C/C=C\C/C=C\C/C=C\C/C=C\C/C=C\CCC(=O)OC[C@H](COC(=O)CCCCCCCCCCC/C=C\C/C=C\CCCCC)OC(=O)CCCCCCCCCCCCCCC. The minimum Gasteiger partial charge on any atom is -0.462 e. The molecule has 0 fully saturated rings. The van der Waals surface area contributed by atoms with Crippen molar-refractivity contribution in [2.75, 3.05) is 13.2 Å². The summed E-state index contributed by atoms with van der Waals surface area (Å²) in [4.78, 5) is 38.1. The fraction of sp³-hybridized carbons (Fsp3) is 0.698. The lowest BCUT2D eigenvalue weighted by molar-refractivity contribution is -0.166. The lowest BCUT2D eigenvalue weighted by Gasteiger charge is -2.18. The number of ether oxygens (including phenoxy) is 3. The first kappa shape index (κ1) is 65.3. The first-order valence-corrected chi connectivity index (χ1v) is 28.7. The van der Waals surface area contributed by atoms with Crippen molar-refractivity contribution >= 4 is 17.9 Å². The zero-order valence-electron chi connectivity index (χ0n) is 45.0. The van der Waals surface area contributed by atoms with Crippen LogP contribution in [0.15, 0.2) is 97.2 Å². The number of allylic oxidation sites excluding steroid dienone is 16. The molecule has 0 amide bonds. The first-order valence-electron chi connectivity index (χ1n) is 28.7. The number of rotatable bonds is 51. The van der Waals surface area contributed by atoms with E-state index in [-0.39, 0.29) is 37.5 Å². The van der Waals surface area contributed by atoms with Crippen molar-refractivity contribution in [2.24, 2.45) is 0 Å². The highest BCUT2D eigenvalue weighted by atomic mass is 16.6. The minimum absolute atomic E-state index is 0.102. The summed E-state index contributed by atoms with van der Waals surface area (Å²) in [5, 5.41) is 0. The normalized spacial score (nSPS) is 12.8. The summed E-state index contributed by atoms with van der Waals surface area (Å²) in [7, 11) is 0. The average molecular weight is 960 g/mol. The Morgan fingerprint density at radius 3 is 1.00 bits per heavy atom. The third-order valence-electron chi connectivity index (χ3n) is 12.1. The van der Waals surface area contributed by atoms with Crippen molar-refractivity contribution < 1.29 is 28.6 Å². The summed E-state index contributed by atoms with van der Waals surface area (Å²) in [6, 6.07) is 0. The van der Waals surface area contributed by atoms with Crippen molar-refractivity contribution in [1.29, 1.82) is 0 Å². The summed E-state index contributed by atoms with van der Waals surface area (Å²) in [5.41, 5.74) is 0. The molecule has 69 heavy (non-hydrogen) atoms. The van der Waals surface area contributed by atoms with Gasteiger partial charge in [0.15, 0.2) is 6.10 Å². The summed E-state index contributed by atoms with van der Waals surface area (Å²) in [6.45, 7) is 6.44. The van der Waals surface area contributed by atoms with Crippen LogP contribution >= 0.6 is 0 Å². The number of hydrogen-bond acceptors (Lipinski definition) is 6. The van der Waals surface area contributed by atoms with Gasteiger partial charge >= 0.3 is 17.9 Å². The Morgan fingerprint density at radius 1 is 0.304 bits per heavy atom. The van der Waals surface area contributed by atoms with E-state index in [1.165, 1.54) is 135 Å². The van der Waals surface area contributed by atoms with Gasteiger partial charge in [-0.3, -0.25) is 14.4 Å². The molecule has 0 spiro atoms. The quantitative estimate of drug-likeness (QED) is 0.0262. The number of unbranched alkanes of at least 4 members (excludes halogenated alkanes) is 24. The summed E-state index contributed by atoms with van der Waals surface area (Å²) in [6.07, 6.45) is 75.5. The molecule has 0 aromatic rings. The lowest BCUT2D eigenvalue weighted by Crippen LogP contribution is -2.30. The fourth-order valence-corrected chi connectivity index (χ4v) is 7.79. The van der Waals surface area contributed by atoms with Crippen molar-refractivity contribution in [3.05, 3.63) is 97.2 Å². The molecule has 0 rings (SSSR count). The van der Waals surface area contributed by atoms with Crippen LogP contribution in [0.1, 0.15) is 265 Å². The van der Waals surface area contributed by atoms with Gasteiger partial charge in [-0.1, -0.05) is 253 Å². The standard InChI is InChI=1S/C63H106O6/c1-4-7-10-13-16-19-22-25-27-29-31-33-35-38-40-43-46-49-52-55-61(64)67-58-60(69-63(66)57-54-51-48-45-42-37-24-21-18-15-12-9-6-3)59-68-62(65)56-53-50-47-44-41-39-36-34-32-30-28-26-23-20-17-14-11-8-5-2/h7,10,16-17,19-20,25-28,31,33,38,40,46,49,60H,4-6,8-9,11-15,18,21-24,29-30,32,34-37,39,41-45,47-48,50-59H2,1-3H3/b10-7-,19-16-,20-17-,27-25-,28-26-,33-31-,40-38-,49-46-/t60-/m1/s1. The van der Waals surface area contributed by atoms with Crippen LogP contribution in [0.3, 0.4) is 0 Å². The molecule has 0 bridgehead atoms. The lowest BCUT2D eigenvalue weighted by atomic mass is 10.0. The van der Waals surface area contributed by atoms with E-state index in [0.29, 0.717) is 19.3 Å². The van der Waals surface area contributed by atoms with Crippen LogP contribution in [0.2, 0.25) is 0 Å². The number of esters is 3. The molecule has 0 aliphatic carbocycles. The third kappa shape index (κ3) is 55.1. The van der Waals surface area contributed by atoms with Gasteiger partial charge in [-0.05, 0) is 89.9 Å². The van der Waals surface area contributed by atoms with Gasteiger partial charge in [-0.25, -0.2) is 0 Å². The van der Waals surface area contributed by atoms with Crippen LogP contribution in [0.25, 0.3) is 0 Å². The van der Waals surface area contributed by atoms with Gasteiger partial charge in [0, 0.05) is 19.3 Å². The van der Waals surface area contributed by atoms with Crippen LogP contribution < -0.4 is 0 Å². The molecule has 0 radical (unpaired) electrons. The minimum atomic E-state index is -0.809. The summed E-state index contributed by atoms with van der Waals surface area (Å²) in [5.74, 6) is -0.988. The van der Waals surface area contributed by atoms with Crippen molar-refractivity contribution in [3.63, 3.8) is 0 Å². The van der Waals surface area contributed by atoms with Crippen LogP contribution in [-0.2, 0) is 28.6 Å². The van der Waals surface area contributed by atoms with E-state index in [9.17, 15) is 14.4 Å². The monoisotopic (exact) mass is 959 g/mol. The largest absolute Gasteiger partial charge is 0.462 e. The second-order valence-corrected chi connectivity index (χ2v) is 18.8. The van der Waals surface area contributed by atoms with Crippen LogP contribution in [-0.4, -0.2) is 37.2 Å². The molecule has 0 N–H and O–H groups in total. The molecule has 0 aromatic heterocycles. The van der Waals surface area contributed by atoms with E-state index in [2.05, 4.69) is 112 Å². The molecule has 0 aliphatic heterocycles. The zero-order valence-corrected chi connectivity index (χ0v) is 45.0. The van der Waals surface area contributed by atoms with Crippen LogP contribution in [0.5, 0.6) is 0 Å². The molecule has 6 heteroatoms. The van der Waals surface area contributed by atoms with E-state index in [0.717, 1.165) is 83.5 Å². The molecule has 0 saturated carbocycles. The predicted molar refractivity (Wildman–Crippen MR) is 297 cm³/mol. The van der Waals surface area contributed by atoms with Crippen molar-refractivity contribution in [2.45, 2.75) is 271 Å². The molecule has 0 aromatic carbocycles. The number of carbonyl (C=O) groups excluding carboxylic acids is 3. The van der Waals surface area contributed by atoms with Crippen molar-refractivity contribution in [3.8, 4) is 0 Å². The Bertz CT molecular complexity index is 1380. The van der Waals surface area contributed by atoms with E-state index in [1.54, 1.807) is 0 Å². The maximum atomic E-state index is 12.8. The predicted octanol–water partition coefficient (Wildman–Crippen LogP) is 19.3.